The molecule has 0 aliphatic heterocycles. The van der Waals surface area contributed by atoms with Gasteiger partial charge < -0.3 is 0 Å². The number of thiazole rings is 1. The van der Waals surface area contributed by atoms with Crippen molar-refractivity contribution >= 4 is 16.3 Å². The van der Waals surface area contributed by atoms with E-state index in [-0.39, 0.29) is 5.56 Å². The molecule has 5 rings (SSSR count). The van der Waals surface area contributed by atoms with Gasteiger partial charge in [-0.3, -0.25) is 14.1 Å². The van der Waals surface area contributed by atoms with Gasteiger partial charge in [0.25, 0.3) is 5.56 Å². The third-order valence-electron chi connectivity index (χ3n) is 5.41. The molecule has 2 heterocycles. The Labute approximate surface area is 191 Å². The largest absolute Gasteiger partial charge is 0.289 e. The van der Waals surface area contributed by atoms with E-state index in [1.54, 1.807) is 10.5 Å². The summed E-state index contributed by atoms with van der Waals surface area (Å²) in [7, 11) is 0. The van der Waals surface area contributed by atoms with Crippen LogP contribution < -0.4 is 5.56 Å². The normalized spacial score (nSPS) is 11.3. The summed E-state index contributed by atoms with van der Waals surface area (Å²) in [6, 6.07) is 32.5. The van der Waals surface area contributed by atoms with Crippen molar-refractivity contribution < 1.29 is 0 Å². The second-order valence-electron chi connectivity index (χ2n) is 7.81. The van der Waals surface area contributed by atoms with Crippen LogP contribution in [0.3, 0.4) is 0 Å². The molecular formula is C27H23N3OS. The predicted octanol–water partition coefficient (Wildman–Crippen LogP) is 5.63. The monoisotopic (exact) mass is 437 g/mol. The first-order chi connectivity index (χ1) is 15.8. The van der Waals surface area contributed by atoms with E-state index in [0.29, 0.717) is 6.54 Å². The maximum Gasteiger partial charge on any atom is 0.259 e. The van der Waals surface area contributed by atoms with Crippen LogP contribution in [0.1, 0.15) is 16.8 Å². The molecule has 2 aromatic heterocycles. The number of fused-ring (bicyclic) bond motifs is 1. The lowest BCUT2D eigenvalue weighted by Crippen LogP contribution is -2.25. The van der Waals surface area contributed by atoms with Gasteiger partial charge in [0.05, 0.1) is 11.4 Å². The average Bonchev–Trinajstić information content (AvgIpc) is 3.26. The second kappa shape index (κ2) is 9.30. The summed E-state index contributed by atoms with van der Waals surface area (Å²) in [5.41, 5.74) is 5.14. The van der Waals surface area contributed by atoms with E-state index >= 15 is 0 Å². The third kappa shape index (κ3) is 4.54. The minimum atomic E-state index is -0.0375. The van der Waals surface area contributed by atoms with Gasteiger partial charge in [-0.2, -0.15) is 0 Å². The SMILES string of the molecule is O=c1cc(CN(Cc2ccccc2)Cc2ccccc2)nc2scc(-c3ccccc3)n12. The summed E-state index contributed by atoms with van der Waals surface area (Å²) in [6.45, 7) is 2.18. The Morgan fingerprint density at radius 3 is 1.91 bits per heavy atom. The molecule has 5 heteroatoms. The van der Waals surface area contributed by atoms with Gasteiger partial charge >= 0.3 is 0 Å². The fraction of sp³-hybridized carbons (Fsp3) is 0.111. The van der Waals surface area contributed by atoms with E-state index < -0.39 is 0 Å². The molecule has 0 saturated heterocycles. The van der Waals surface area contributed by atoms with E-state index in [9.17, 15) is 4.79 Å². The van der Waals surface area contributed by atoms with Crippen LogP contribution in [0, 0.1) is 0 Å². The molecule has 0 aliphatic rings. The van der Waals surface area contributed by atoms with Crippen molar-refractivity contribution in [3.63, 3.8) is 0 Å². The Morgan fingerprint density at radius 1 is 0.750 bits per heavy atom. The fourth-order valence-electron chi connectivity index (χ4n) is 3.94. The maximum absolute atomic E-state index is 13.1. The number of nitrogens with zero attached hydrogens (tertiary/aromatic N) is 3. The van der Waals surface area contributed by atoms with Gasteiger partial charge in [-0.1, -0.05) is 91.0 Å². The van der Waals surface area contributed by atoms with E-state index in [1.165, 1.54) is 22.5 Å². The van der Waals surface area contributed by atoms with E-state index in [4.69, 9.17) is 4.98 Å². The van der Waals surface area contributed by atoms with Crippen molar-refractivity contribution in [3.05, 3.63) is 130 Å². The molecule has 0 amide bonds. The summed E-state index contributed by atoms with van der Waals surface area (Å²) in [5, 5.41) is 2.01. The maximum atomic E-state index is 13.1. The zero-order valence-corrected chi connectivity index (χ0v) is 18.4. The first-order valence-electron chi connectivity index (χ1n) is 10.6. The van der Waals surface area contributed by atoms with Crippen LogP contribution in [0.15, 0.2) is 107 Å². The standard InChI is InChI=1S/C27H23N3OS/c31-26-16-24(28-27-30(26)25(20-32-27)23-14-8-3-9-15-23)19-29(17-21-10-4-1-5-11-21)18-22-12-6-2-7-13-22/h1-16,20H,17-19H2. The van der Waals surface area contributed by atoms with Crippen molar-refractivity contribution in [1.82, 2.24) is 14.3 Å². The van der Waals surface area contributed by atoms with Gasteiger partial charge in [-0.05, 0) is 16.7 Å². The van der Waals surface area contributed by atoms with Gasteiger partial charge in [0, 0.05) is 31.1 Å². The first kappa shape index (κ1) is 20.4. The highest BCUT2D eigenvalue weighted by Crippen LogP contribution is 2.24. The number of rotatable bonds is 7. The van der Waals surface area contributed by atoms with E-state index in [0.717, 1.165) is 35.0 Å². The molecule has 4 nitrogen and oxygen atoms in total. The van der Waals surface area contributed by atoms with Crippen molar-refractivity contribution in [3.8, 4) is 11.3 Å². The Kier molecular flexibility index (Phi) is 5.92. The first-order valence-corrected chi connectivity index (χ1v) is 11.5. The molecule has 0 bridgehead atoms. The lowest BCUT2D eigenvalue weighted by molar-refractivity contribution is 0.245. The molecule has 0 saturated carbocycles. The molecule has 0 fully saturated rings. The van der Waals surface area contributed by atoms with Crippen molar-refractivity contribution in [2.24, 2.45) is 0 Å². The Balaban J connectivity index is 1.46. The molecule has 5 aromatic rings. The quantitative estimate of drug-likeness (QED) is 0.331. The molecule has 0 unspecified atom stereocenters. The number of hydrogen-bond acceptors (Lipinski definition) is 4. The summed E-state index contributed by atoms with van der Waals surface area (Å²) in [6.07, 6.45) is 0. The molecule has 0 radical (unpaired) electrons. The van der Waals surface area contributed by atoms with E-state index in [1.807, 2.05) is 47.8 Å². The molecule has 0 aliphatic carbocycles. The van der Waals surface area contributed by atoms with Crippen LogP contribution >= 0.6 is 11.3 Å². The van der Waals surface area contributed by atoms with Crippen LogP contribution in [0.4, 0.5) is 0 Å². The Morgan fingerprint density at radius 2 is 1.31 bits per heavy atom. The van der Waals surface area contributed by atoms with Gasteiger partial charge in [0.15, 0.2) is 4.96 Å². The second-order valence-corrected chi connectivity index (χ2v) is 8.64. The number of benzene rings is 3. The predicted molar refractivity (Wildman–Crippen MR) is 131 cm³/mol. The van der Waals surface area contributed by atoms with Crippen LogP contribution in [0.5, 0.6) is 0 Å². The molecule has 0 atom stereocenters. The number of hydrogen-bond donors (Lipinski definition) is 0. The van der Waals surface area contributed by atoms with Crippen LogP contribution in [0.2, 0.25) is 0 Å². The lowest BCUT2D eigenvalue weighted by atomic mass is 10.1. The fourth-order valence-corrected chi connectivity index (χ4v) is 4.86. The van der Waals surface area contributed by atoms with Gasteiger partial charge in [0.1, 0.15) is 0 Å². The smallest absolute Gasteiger partial charge is 0.259 e. The highest BCUT2D eigenvalue weighted by atomic mass is 32.1. The minimum absolute atomic E-state index is 0.0375. The summed E-state index contributed by atoms with van der Waals surface area (Å²) >= 11 is 1.51. The summed E-state index contributed by atoms with van der Waals surface area (Å²) in [5.74, 6) is 0. The van der Waals surface area contributed by atoms with Gasteiger partial charge in [-0.25, -0.2) is 4.98 Å². The topological polar surface area (TPSA) is 37.6 Å². The average molecular weight is 438 g/mol. The molecule has 3 aromatic carbocycles. The van der Waals surface area contributed by atoms with Crippen molar-refractivity contribution in [2.75, 3.05) is 0 Å². The zero-order valence-electron chi connectivity index (χ0n) is 17.6. The molecule has 0 spiro atoms. The Bertz CT molecular complexity index is 1320. The van der Waals surface area contributed by atoms with Gasteiger partial charge in [-0.15, -0.1) is 11.3 Å². The molecule has 158 valence electrons. The molecule has 32 heavy (non-hydrogen) atoms. The minimum Gasteiger partial charge on any atom is -0.289 e. The van der Waals surface area contributed by atoms with Crippen LogP contribution in [0.25, 0.3) is 16.2 Å². The molecule has 0 N–H and O–H groups in total. The highest BCUT2D eigenvalue weighted by Gasteiger charge is 2.14. The van der Waals surface area contributed by atoms with Crippen LogP contribution in [-0.4, -0.2) is 14.3 Å². The Hall–Kier alpha value is -3.54. The van der Waals surface area contributed by atoms with E-state index in [2.05, 4.69) is 53.4 Å². The summed E-state index contributed by atoms with van der Waals surface area (Å²) in [4.78, 5) is 21.0. The lowest BCUT2D eigenvalue weighted by Gasteiger charge is -2.22. The zero-order chi connectivity index (χ0) is 21.8. The van der Waals surface area contributed by atoms with Crippen molar-refractivity contribution in [2.45, 2.75) is 19.6 Å². The molecular weight excluding hydrogens is 414 g/mol. The summed E-state index contributed by atoms with van der Waals surface area (Å²) < 4.78 is 1.71. The van der Waals surface area contributed by atoms with Crippen LogP contribution in [-0.2, 0) is 19.6 Å². The third-order valence-corrected chi connectivity index (χ3v) is 6.24. The highest BCUT2D eigenvalue weighted by molar-refractivity contribution is 7.15. The van der Waals surface area contributed by atoms with Gasteiger partial charge in [0.2, 0.25) is 0 Å². The van der Waals surface area contributed by atoms with Crippen molar-refractivity contribution in [1.29, 1.82) is 0 Å². The number of aromatic nitrogens is 2.